The van der Waals surface area contributed by atoms with Crippen LogP contribution < -0.4 is 17.8 Å². The first kappa shape index (κ1) is 16.0. The SMILES string of the molecule is CN1NC=[N+]2c3ccc(Cl)cc3C(c3ccccc3)=NCC12.[Cl-]. The summed E-state index contributed by atoms with van der Waals surface area (Å²) >= 11 is 6.24. The lowest BCUT2D eigenvalue weighted by molar-refractivity contribution is -0.491. The lowest BCUT2D eigenvalue weighted by Gasteiger charge is -2.14. The zero-order valence-corrected chi connectivity index (χ0v) is 14.1. The first-order valence-corrected chi connectivity index (χ1v) is 7.62. The molecule has 1 atom stereocenters. The van der Waals surface area contributed by atoms with Gasteiger partial charge in [-0.25, -0.2) is 4.58 Å². The Balaban J connectivity index is 0.00000156. The predicted octanol–water partition coefficient (Wildman–Crippen LogP) is -0.357. The van der Waals surface area contributed by atoms with Crippen LogP contribution in [-0.4, -0.2) is 41.4 Å². The molecule has 2 heterocycles. The van der Waals surface area contributed by atoms with E-state index in [1.807, 2.05) is 43.7 Å². The van der Waals surface area contributed by atoms with Crippen LogP contribution in [0.5, 0.6) is 0 Å². The van der Waals surface area contributed by atoms with E-state index < -0.39 is 0 Å². The molecule has 1 unspecified atom stereocenters. The summed E-state index contributed by atoms with van der Waals surface area (Å²) < 4.78 is 2.21. The van der Waals surface area contributed by atoms with Crippen molar-refractivity contribution in [3.63, 3.8) is 0 Å². The van der Waals surface area contributed by atoms with Gasteiger partial charge in [-0.05, 0) is 18.2 Å². The van der Waals surface area contributed by atoms with Crippen molar-refractivity contribution in [2.75, 3.05) is 13.6 Å². The number of fused-ring (bicyclic) bond motifs is 3. The van der Waals surface area contributed by atoms with Gasteiger partial charge in [0.2, 0.25) is 6.17 Å². The topological polar surface area (TPSA) is 30.6 Å². The summed E-state index contributed by atoms with van der Waals surface area (Å²) in [6.45, 7) is 0.691. The van der Waals surface area contributed by atoms with Crippen molar-refractivity contribution in [2.45, 2.75) is 6.17 Å². The number of hydrazine groups is 1. The average molecular weight is 347 g/mol. The first-order chi connectivity index (χ1) is 10.7. The highest BCUT2D eigenvalue weighted by atomic mass is 35.5. The van der Waals surface area contributed by atoms with E-state index in [0.717, 1.165) is 27.5 Å². The van der Waals surface area contributed by atoms with E-state index in [4.69, 9.17) is 16.6 Å². The minimum Gasteiger partial charge on any atom is -1.00 e. The number of benzene rings is 2. The molecule has 6 heteroatoms. The molecule has 0 aromatic heterocycles. The molecule has 118 valence electrons. The second-order valence-corrected chi connectivity index (χ2v) is 5.91. The molecule has 4 nitrogen and oxygen atoms in total. The molecule has 4 rings (SSSR count). The predicted molar refractivity (Wildman–Crippen MR) is 89.1 cm³/mol. The van der Waals surface area contributed by atoms with Crippen molar-refractivity contribution in [1.82, 2.24) is 10.4 Å². The number of nitrogens with one attached hydrogen (secondary N) is 1. The quantitative estimate of drug-likeness (QED) is 0.715. The Bertz CT molecular complexity index is 786. The normalized spacial score (nSPS) is 19.5. The summed E-state index contributed by atoms with van der Waals surface area (Å²) in [5, 5.41) is 2.79. The average Bonchev–Trinajstić information content (AvgIpc) is 2.82. The second kappa shape index (κ2) is 6.32. The molecule has 0 amide bonds. The van der Waals surface area contributed by atoms with Gasteiger partial charge in [-0.15, -0.1) is 5.01 Å². The maximum Gasteiger partial charge on any atom is 0.257 e. The molecule has 1 N–H and O–H groups in total. The van der Waals surface area contributed by atoms with Crippen LogP contribution in [0, 0.1) is 0 Å². The van der Waals surface area contributed by atoms with Crippen LogP contribution in [0.3, 0.4) is 0 Å². The maximum atomic E-state index is 6.24. The van der Waals surface area contributed by atoms with E-state index in [-0.39, 0.29) is 18.6 Å². The summed E-state index contributed by atoms with van der Waals surface area (Å²) in [5.74, 6) is 0. The molecule has 2 aliphatic heterocycles. The molecule has 0 saturated carbocycles. The lowest BCUT2D eigenvalue weighted by atomic mass is 10.0. The van der Waals surface area contributed by atoms with Crippen LogP contribution in [0.2, 0.25) is 5.02 Å². The Hall–Kier alpha value is -1.88. The van der Waals surface area contributed by atoms with Gasteiger partial charge in [0.15, 0.2) is 0 Å². The van der Waals surface area contributed by atoms with E-state index in [1.54, 1.807) is 0 Å². The summed E-state index contributed by atoms with van der Waals surface area (Å²) in [4.78, 5) is 4.88. The highest BCUT2D eigenvalue weighted by Crippen LogP contribution is 2.30. The zero-order valence-electron chi connectivity index (χ0n) is 12.6. The van der Waals surface area contributed by atoms with Crippen molar-refractivity contribution in [1.29, 1.82) is 0 Å². The van der Waals surface area contributed by atoms with Gasteiger partial charge in [-0.2, -0.15) is 5.43 Å². The Morgan fingerprint density at radius 2 is 2.00 bits per heavy atom. The first-order valence-electron chi connectivity index (χ1n) is 7.24. The van der Waals surface area contributed by atoms with Crippen molar-refractivity contribution >= 4 is 29.3 Å². The molecular formula is C17H16Cl2N4. The molecule has 0 bridgehead atoms. The Kier molecular flexibility index (Phi) is 4.39. The van der Waals surface area contributed by atoms with E-state index in [1.165, 1.54) is 0 Å². The third-order valence-corrected chi connectivity index (χ3v) is 4.36. The van der Waals surface area contributed by atoms with E-state index in [9.17, 15) is 0 Å². The van der Waals surface area contributed by atoms with Gasteiger partial charge in [0.1, 0.15) is 5.69 Å². The fraction of sp³-hybridized carbons (Fsp3) is 0.176. The molecule has 0 aliphatic carbocycles. The summed E-state index contributed by atoms with van der Waals surface area (Å²) in [6, 6.07) is 16.3. The second-order valence-electron chi connectivity index (χ2n) is 5.47. The van der Waals surface area contributed by atoms with Crippen LogP contribution in [0.4, 0.5) is 5.69 Å². The van der Waals surface area contributed by atoms with Crippen LogP contribution >= 0.6 is 11.6 Å². The number of halogens is 2. The van der Waals surface area contributed by atoms with E-state index in [0.29, 0.717) is 6.54 Å². The van der Waals surface area contributed by atoms with Gasteiger partial charge < -0.3 is 12.4 Å². The third-order valence-electron chi connectivity index (χ3n) is 4.12. The molecule has 0 saturated heterocycles. The lowest BCUT2D eigenvalue weighted by Crippen LogP contribution is -3.00. The standard InChI is InChI=1S/C17H15ClN4.ClH/c1-21-16-10-19-17(12-5-3-2-4-6-12)14-9-13(18)7-8-15(14)22(16)11-20-21;/h2-9,11,16H,10H2,1H3;1H. The molecule has 2 aromatic carbocycles. The van der Waals surface area contributed by atoms with Crippen LogP contribution in [0.25, 0.3) is 0 Å². The van der Waals surface area contributed by atoms with Crippen LogP contribution in [-0.2, 0) is 0 Å². The number of rotatable bonds is 1. The zero-order chi connectivity index (χ0) is 15.1. The van der Waals surface area contributed by atoms with Crippen molar-refractivity contribution in [2.24, 2.45) is 4.99 Å². The molecule has 0 fully saturated rings. The number of likely N-dealkylation sites (N-methyl/N-ethyl adjacent to an activating group) is 1. The maximum absolute atomic E-state index is 6.24. The molecule has 0 radical (unpaired) electrons. The monoisotopic (exact) mass is 346 g/mol. The Morgan fingerprint density at radius 3 is 2.78 bits per heavy atom. The summed E-state index contributed by atoms with van der Waals surface area (Å²) in [5.41, 5.74) is 7.52. The van der Waals surface area contributed by atoms with E-state index >= 15 is 0 Å². The molecular weight excluding hydrogens is 331 g/mol. The molecule has 2 aliphatic rings. The van der Waals surface area contributed by atoms with Crippen molar-refractivity contribution < 1.29 is 17.0 Å². The van der Waals surface area contributed by atoms with Gasteiger partial charge in [0.05, 0.1) is 12.3 Å². The smallest absolute Gasteiger partial charge is 0.257 e. The summed E-state index contributed by atoms with van der Waals surface area (Å²) in [7, 11) is 2.03. The summed E-state index contributed by atoms with van der Waals surface area (Å²) in [6.07, 6.45) is 2.15. The molecule has 2 aromatic rings. The van der Waals surface area contributed by atoms with Gasteiger partial charge in [0, 0.05) is 23.2 Å². The third kappa shape index (κ3) is 2.74. The van der Waals surface area contributed by atoms with Crippen molar-refractivity contribution in [3.8, 4) is 0 Å². The fourth-order valence-electron chi connectivity index (χ4n) is 2.98. The van der Waals surface area contributed by atoms with Gasteiger partial charge in [-0.3, -0.25) is 4.99 Å². The van der Waals surface area contributed by atoms with Crippen LogP contribution in [0.15, 0.2) is 53.5 Å². The highest BCUT2D eigenvalue weighted by molar-refractivity contribution is 6.31. The minimum atomic E-state index is 0. The van der Waals surface area contributed by atoms with Crippen molar-refractivity contribution in [3.05, 3.63) is 64.7 Å². The number of aliphatic imine (C=N–C) groups is 1. The fourth-order valence-corrected chi connectivity index (χ4v) is 3.15. The number of nitrogens with zero attached hydrogens (tertiary/aromatic N) is 3. The number of hydrogen-bond donors (Lipinski definition) is 1. The highest BCUT2D eigenvalue weighted by Gasteiger charge is 2.35. The largest absolute Gasteiger partial charge is 1.00 e. The molecule has 0 spiro atoms. The van der Waals surface area contributed by atoms with Gasteiger partial charge in [-0.1, -0.05) is 41.9 Å². The minimum absolute atomic E-state index is 0. The molecule has 23 heavy (non-hydrogen) atoms. The van der Waals surface area contributed by atoms with E-state index in [2.05, 4.69) is 33.2 Å². The van der Waals surface area contributed by atoms with Crippen LogP contribution in [0.1, 0.15) is 11.1 Å². The van der Waals surface area contributed by atoms with Gasteiger partial charge >= 0.3 is 0 Å². The van der Waals surface area contributed by atoms with Gasteiger partial charge in [0.25, 0.3) is 6.34 Å². The Morgan fingerprint density at radius 1 is 1.22 bits per heavy atom. The Labute approximate surface area is 146 Å². The number of hydrogen-bond acceptors (Lipinski definition) is 3.